The van der Waals surface area contributed by atoms with Crippen LogP contribution < -0.4 is 5.32 Å². The second-order valence-electron chi connectivity index (χ2n) is 7.23. The Kier molecular flexibility index (Phi) is 6.24. The van der Waals surface area contributed by atoms with E-state index in [9.17, 15) is 9.59 Å². The van der Waals surface area contributed by atoms with Gasteiger partial charge in [-0.2, -0.15) is 5.10 Å². The Morgan fingerprint density at radius 3 is 2.74 bits per heavy atom. The van der Waals surface area contributed by atoms with Crippen LogP contribution >= 0.6 is 0 Å². The number of nitrogens with one attached hydrogen (secondary N) is 1. The lowest BCUT2D eigenvalue weighted by atomic mass is 10.1. The van der Waals surface area contributed by atoms with E-state index in [1.165, 1.54) is 0 Å². The molecular weight excluding hydrogens is 342 g/mol. The zero-order chi connectivity index (χ0) is 19.2. The molecule has 0 radical (unpaired) electrons. The van der Waals surface area contributed by atoms with Crippen LogP contribution in [0, 0.1) is 5.92 Å². The number of hydrogen-bond acceptors (Lipinski definition) is 4. The molecule has 1 aliphatic rings. The largest absolute Gasteiger partial charge is 0.352 e. The van der Waals surface area contributed by atoms with Gasteiger partial charge < -0.3 is 15.1 Å². The van der Waals surface area contributed by atoms with E-state index in [2.05, 4.69) is 10.4 Å². The minimum absolute atomic E-state index is 0.0513. The van der Waals surface area contributed by atoms with Gasteiger partial charge in [-0.15, -0.1) is 0 Å². The fourth-order valence-corrected chi connectivity index (χ4v) is 3.26. The van der Waals surface area contributed by atoms with Crippen molar-refractivity contribution in [3.8, 4) is 0 Å². The lowest BCUT2D eigenvalue weighted by Crippen LogP contribution is -2.35. The van der Waals surface area contributed by atoms with Crippen LogP contribution in [0.2, 0.25) is 0 Å². The standard InChI is InChI=1S/C20H27N5O2/c1-23(2)10-11-24-14-18(12-19(24)26)20(27)21-13-16-6-3-4-7-17(16)15-25-9-5-8-22-25/h3-9,18H,10-15H2,1-2H3,(H,21,27). The predicted molar refractivity (Wildman–Crippen MR) is 103 cm³/mol. The van der Waals surface area contributed by atoms with Crippen molar-refractivity contribution in [3.05, 3.63) is 53.9 Å². The minimum atomic E-state index is -0.266. The van der Waals surface area contributed by atoms with E-state index in [0.717, 1.165) is 17.7 Å². The Labute approximate surface area is 159 Å². The van der Waals surface area contributed by atoms with Crippen molar-refractivity contribution in [2.75, 3.05) is 33.7 Å². The molecule has 1 saturated heterocycles. The molecule has 1 aromatic carbocycles. The molecule has 1 fully saturated rings. The summed E-state index contributed by atoms with van der Waals surface area (Å²) < 4.78 is 1.86. The van der Waals surface area contributed by atoms with Crippen LogP contribution in [0.15, 0.2) is 42.7 Å². The maximum Gasteiger partial charge on any atom is 0.225 e. The smallest absolute Gasteiger partial charge is 0.225 e. The molecule has 1 aliphatic heterocycles. The quantitative estimate of drug-likeness (QED) is 0.752. The first-order valence-corrected chi connectivity index (χ1v) is 9.27. The zero-order valence-corrected chi connectivity index (χ0v) is 16.0. The molecule has 0 spiro atoms. The second-order valence-corrected chi connectivity index (χ2v) is 7.23. The van der Waals surface area contributed by atoms with Crippen LogP contribution in [0.3, 0.4) is 0 Å². The van der Waals surface area contributed by atoms with Gasteiger partial charge in [-0.25, -0.2) is 0 Å². The van der Waals surface area contributed by atoms with Crippen LogP contribution in [0.25, 0.3) is 0 Å². The highest BCUT2D eigenvalue weighted by molar-refractivity contribution is 5.89. The first kappa shape index (κ1) is 19.1. The molecule has 0 bridgehead atoms. The Bertz CT molecular complexity index is 772. The first-order chi connectivity index (χ1) is 13.0. The number of carbonyl (C=O) groups excluding carboxylic acids is 2. The van der Waals surface area contributed by atoms with Gasteiger partial charge >= 0.3 is 0 Å². The highest BCUT2D eigenvalue weighted by Gasteiger charge is 2.33. The van der Waals surface area contributed by atoms with Gasteiger partial charge in [0.15, 0.2) is 0 Å². The number of aromatic nitrogens is 2. The summed E-state index contributed by atoms with van der Waals surface area (Å²) in [5.41, 5.74) is 2.19. The number of nitrogens with zero attached hydrogens (tertiary/aromatic N) is 4. The molecule has 2 heterocycles. The predicted octanol–water partition coefficient (Wildman–Crippen LogP) is 0.958. The van der Waals surface area contributed by atoms with E-state index in [1.807, 2.05) is 60.2 Å². The van der Waals surface area contributed by atoms with Gasteiger partial charge in [0, 0.05) is 45.0 Å². The van der Waals surface area contributed by atoms with Gasteiger partial charge in [-0.05, 0) is 31.3 Å². The SMILES string of the molecule is CN(C)CCN1CC(C(=O)NCc2ccccc2Cn2cccn2)CC1=O. The maximum absolute atomic E-state index is 12.6. The van der Waals surface area contributed by atoms with E-state index in [-0.39, 0.29) is 17.7 Å². The molecule has 27 heavy (non-hydrogen) atoms. The lowest BCUT2D eigenvalue weighted by Gasteiger charge is -2.19. The molecule has 2 amide bonds. The molecule has 0 saturated carbocycles. The van der Waals surface area contributed by atoms with Crippen molar-refractivity contribution in [1.82, 2.24) is 24.9 Å². The monoisotopic (exact) mass is 369 g/mol. The zero-order valence-electron chi connectivity index (χ0n) is 16.0. The van der Waals surface area contributed by atoms with Crippen molar-refractivity contribution in [2.45, 2.75) is 19.5 Å². The lowest BCUT2D eigenvalue weighted by molar-refractivity contribution is -0.129. The third kappa shape index (κ3) is 5.17. The van der Waals surface area contributed by atoms with Gasteiger partial charge in [0.05, 0.1) is 12.5 Å². The summed E-state index contributed by atoms with van der Waals surface area (Å²) >= 11 is 0. The Balaban J connectivity index is 1.54. The summed E-state index contributed by atoms with van der Waals surface area (Å²) in [6, 6.07) is 9.91. The fourth-order valence-electron chi connectivity index (χ4n) is 3.26. The molecule has 1 atom stereocenters. The number of amides is 2. The molecule has 1 aromatic heterocycles. The number of likely N-dealkylation sites (tertiary alicyclic amines) is 1. The number of benzene rings is 1. The van der Waals surface area contributed by atoms with Gasteiger partial charge in [-0.1, -0.05) is 24.3 Å². The molecule has 0 aliphatic carbocycles. The molecule has 7 nitrogen and oxygen atoms in total. The van der Waals surface area contributed by atoms with E-state index >= 15 is 0 Å². The summed E-state index contributed by atoms with van der Waals surface area (Å²) in [6.45, 7) is 3.11. The maximum atomic E-state index is 12.6. The van der Waals surface area contributed by atoms with Crippen LogP contribution in [0.4, 0.5) is 0 Å². The first-order valence-electron chi connectivity index (χ1n) is 9.27. The van der Waals surface area contributed by atoms with E-state index in [4.69, 9.17) is 0 Å². The molecule has 1 N–H and O–H groups in total. The molecule has 3 rings (SSSR count). The van der Waals surface area contributed by atoms with E-state index in [1.54, 1.807) is 11.1 Å². The molecule has 1 unspecified atom stereocenters. The second kappa shape index (κ2) is 8.81. The Morgan fingerprint density at radius 1 is 1.26 bits per heavy atom. The van der Waals surface area contributed by atoms with E-state index in [0.29, 0.717) is 32.6 Å². The normalized spacial score (nSPS) is 16.9. The van der Waals surface area contributed by atoms with Crippen LogP contribution in [0.5, 0.6) is 0 Å². The highest BCUT2D eigenvalue weighted by atomic mass is 16.2. The van der Waals surface area contributed by atoms with Crippen LogP contribution in [0.1, 0.15) is 17.5 Å². The third-order valence-corrected chi connectivity index (χ3v) is 4.87. The summed E-state index contributed by atoms with van der Waals surface area (Å²) in [5, 5.41) is 7.25. The molecular formula is C20H27N5O2. The molecule has 2 aromatic rings. The van der Waals surface area contributed by atoms with Crippen LogP contribution in [-0.4, -0.2) is 65.1 Å². The summed E-state index contributed by atoms with van der Waals surface area (Å²) in [4.78, 5) is 28.5. The minimum Gasteiger partial charge on any atom is -0.352 e. The number of rotatable bonds is 8. The summed E-state index contributed by atoms with van der Waals surface area (Å²) in [7, 11) is 3.96. The Morgan fingerprint density at radius 2 is 2.04 bits per heavy atom. The van der Waals surface area contributed by atoms with E-state index < -0.39 is 0 Å². The van der Waals surface area contributed by atoms with Gasteiger partial charge in [0.1, 0.15) is 0 Å². The van der Waals surface area contributed by atoms with Gasteiger partial charge in [-0.3, -0.25) is 14.3 Å². The molecule has 144 valence electrons. The Hall–Kier alpha value is -2.67. The average Bonchev–Trinajstić information content (AvgIpc) is 3.28. The van der Waals surface area contributed by atoms with Crippen molar-refractivity contribution in [3.63, 3.8) is 0 Å². The number of hydrogen-bond donors (Lipinski definition) is 1. The van der Waals surface area contributed by atoms with Crippen molar-refractivity contribution in [2.24, 2.45) is 5.92 Å². The highest BCUT2D eigenvalue weighted by Crippen LogP contribution is 2.18. The number of likely N-dealkylation sites (N-methyl/N-ethyl adjacent to an activating group) is 1. The number of carbonyl (C=O) groups is 2. The van der Waals surface area contributed by atoms with Crippen molar-refractivity contribution in [1.29, 1.82) is 0 Å². The van der Waals surface area contributed by atoms with Crippen LogP contribution in [-0.2, 0) is 22.7 Å². The third-order valence-electron chi connectivity index (χ3n) is 4.87. The topological polar surface area (TPSA) is 70.5 Å². The summed E-state index contributed by atoms with van der Waals surface area (Å²) in [6.07, 6.45) is 3.97. The summed E-state index contributed by atoms with van der Waals surface area (Å²) in [5.74, 6) is -0.251. The van der Waals surface area contributed by atoms with Gasteiger partial charge in [0.2, 0.25) is 11.8 Å². The van der Waals surface area contributed by atoms with Crippen molar-refractivity contribution >= 4 is 11.8 Å². The fraction of sp³-hybridized carbons (Fsp3) is 0.450. The average molecular weight is 369 g/mol. The van der Waals surface area contributed by atoms with Crippen molar-refractivity contribution < 1.29 is 9.59 Å². The molecule has 7 heteroatoms. The van der Waals surface area contributed by atoms with Gasteiger partial charge in [0.25, 0.3) is 0 Å².